The molecule has 1 saturated heterocycles. The van der Waals surface area contributed by atoms with Gasteiger partial charge in [-0.05, 0) is 33.1 Å². The fraction of sp³-hybridized carbons (Fsp3) is 1.00. The van der Waals surface area contributed by atoms with Gasteiger partial charge in [-0.15, -0.1) is 0 Å². The predicted molar refractivity (Wildman–Crippen MR) is 86.5 cm³/mol. The van der Waals surface area contributed by atoms with Crippen molar-refractivity contribution < 1.29 is 9.84 Å². The Balaban J connectivity index is 1.98. The van der Waals surface area contributed by atoms with Gasteiger partial charge < -0.3 is 15.2 Å². The highest BCUT2D eigenvalue weighted by molar-refractivity contribution is 4.94. The lowest BCUT2D eigenvalue weighted by molar-refractivity contribution is -0.104. The van der Waals surface area contributed by atoms with Gasteiger partial charge in [0.1, 0.15) is 0 Å². The predicted octanol–water partition coefficient (Wildman–Crippen LogP) is 2.16. The van der Waals surface area contributed by atoms with Crippen LogP contribution in [-0.2, 0) is 4.74 Å². The second kappa shape index (κ2) is 7.40. The minimum Gasteiger partial charge on any atom is -0.394 e. The maximum Gasteiger partial charge on any atom is 0.0731 e. The molecule has 2 N–H and O–H groups in total. The average Bonchev–Trinajstić information content (AvgIpc) is 2.45. The molecule has 4 heteroatoms. The third kappa shape index (κ3) is 4.41. The summed E-state index contributed by atoms with van der Waals surface area (Å²) in [4.78, 5) is 2.64. The summed E-state index contributed by atoms with van der Waals surface area (Å²) < 4.78 is 5.98. The summed E-state index contributed by atoms with van der Waals surface area (Å²) in [5.41, 5.74) is -0.198. The van der Waals surface area contributed by atoms with Crippen molar-refractivity contribution in [3.63, 3.8) is 0 Å². The molecule has 0 radical (unpaired) electrons. The summed E-state index contributed by atoms with van der Waals surface area (Å²) in [5.74, 6) is 0. The maximum absolute atomic E-state index is 9.81. The first-order chi connectivity index (χ1) is 9.95. The maximum atomic E-state index is 9.81. The quantitative estimate of drug-likeness (QED) is 0.789. The van der Waals surface area contributed by atoms with E-state index in [4.69, 9.17) is 4.74 Å². The molecule has 0 aromatic heterocycles. The van der Waals surface area contributed by atoms with Gasteiger partial charge in [0.25, 0.3) is 0 Å². The number of hydrogen-bond donors (Lipinski definition) is 2. The van der Waals surface area contributed by atoms with Gasteiger partial charge in [0.15, 0.2) is 0 Å². The second-order valence-electron chi connectivity index (χ2n) is 7.57. The van der Waals surface area contributed by atoms with Gasteiger partial charge in [-0.1, -0.05) is 26.7 Å². The van der Waals surface area contributed by atoms with Crippen LogP contribution in [0.25, 0.3) is 0 Å². The fourth-order valence-corrected chi connectivity index (χ4v) is 4.31. The Morgan fingerprint density at radius 1 is 1.29 bits per heavy atom. The SMILES string of the molecule is CC(C)NC(C)(CO)CC(C)N1CCOC2CCCCC21. The van der Waals surface area contributed by atoms with Crippen molar-refractivity contribution in [1.29, 1.82) is 0 Å². The van der Waals surface area contributed by atoms with E-state index in [0.717, 1.165) is 19.6 Å². The fourth-order valence-electron chi connectivity index (χ4n) is 4.31. The topological polar surface area (TPSA) is 44.7 Å². The largest absolute Gasteiger partial charge is 0.394 e. The molecule has 4 atom stereocenters. The van der Waals surface area contributed by atoms with E-state index in [-0.39, 0.29) is 12.1 Å². The minimum atomic E-state index is -0.198. The standard InChI is InChI=1S/C17H34N2O2/c1-13(2)18-17(4,12-20)11-14(3)19-9-10-21-16-8-6-5-7-15(16)19/h13-16,18,20H,5-12H2,1-4H3. The molecule has 4 unspecified atom stereocenters. The minimum absolute atomic E-state index is 0.188. The van der Waals surface area contributed by atoms with Crippen molar-refractivity contribution in [2.24, 2.45) is 0 Å². The molecule has 0 spiro atoms. The zero-order valence-corrected chi connectivity index (χ0v) is 14.3. The number of morpholine rings is 1. The van der Waals surface area contributed by atoms with Crippen LogP contribution in [0.3, 0.4) is 0 Å². The van der Waals surface area contributed by atoms with Gasteiger partial charge in [-0.25, -0.2) is 0 Å². The van der Waals surface area contributed by atoms with E-state index in [9.17, 15) is 5.11 Å². The second-order valence-corrected chi connectivity index (χ2v) is 7.57. The van der Waals surface area contributed by atoms with Crippen LogP contribution in [0.4, 0.5) is 0 Å². The van der Waals surface area contributed by atoms with Crippen LogP contribution in [0, 0.1) is 0 Å². The van der Waals surface area contributed by atoms with Gasteiger partial charge in [0.2, 0.25) is 0 Å². The van der Waals surface area contributed by atoms with Crippen LogP contribution in [0.1, 0.15) is 59.8 Å². The lowest BCUT2D eigenvalue weighted by Crippen LogP contribution is -2.59. The van der Waals surface area contributed by atoms with Gasteiger partial charge >= 0.3 is 0 Å². The van der Waals surface area contributed by atoms with E-state index >= 15 is 0 Å². The molecule has 124 valence electrons. The van der Waals surface area contributed by atoms with Crippen molar-refractivity contribution in [1.82, 2.24) is 10.2 Å². The van der Waals surface area contributed by atoms with Crippen molar-refractivity contribution in [3.8, 4) is 0 Å². The number of nitrogens with zero attached hydrogens (tertiary/aromatic N) is 1. The van der Waals surface area contributed by atoms with Crippen molar-refractivity contribution in [2.75, 3.05) is 19.8 Å². The molecule has 2 fully saturated rings. The Morgan fingerprint density at radius 3 is 2.67 bits per heavy atom. The van der Waals surface area contributed by atoms with Crippen LogP contribution >= 0.6 is 0 Å². The van der Waals surface area contributed by atoms with Crippen LogP contribution in [0.15, 0.2) is 0 Å². The van der Waals surface area contributed by atoms with E-state index in [2.05, 4.69) is 37.9 Å². The summed E-state index contributed by atoms with van der Waals surface area (Å²) >= 11 is 0. The Kier molecular flexibility index (Phi) is 6.06. The van der Waals surface area contributed by atoms with E-state index in [1.807, 2.05) is 0 Å². The summed E-state index contributed by atoms with van der Waals surface area (Å²) in [6.07, 6.45) is 6.54. The van der Waals surface area contributed by atoms with Gasteiger partial charge in [0.05, 0.1) is 19.3 Å². The number of rotatable bonds is 6. The lowest BCUT2D eigenvalue weighted by atomic mass is 9.86. The molecule has 1 aliphatic carbocycles. The number of fused-ring (bicyclic) bond motifs is 1. The molecule has 2 aliphatic rings. The Labute approximate surface area is 130 Å². The Hall–Kier alpha value is -0.160. The molecule has 21 heavy (non-hydrogen) atoms. The highest BCUT2D eigenvalue weighted by atomic mass is 16.5. The van der Waals surface area contributed by atoms with Gasteiger partial charge in [-0.2, -0.15) is 0 Å². The monoisotopic (exact) mass is 298 g/mol. The summed E-state index contributed by atoms with van der Waals surface area (Å²) in [7, 11) is 0. The molecule has 0 aromatic carbocycles. The van der Waals surface area contributed by atoms with Gasteiger partial charge in [-0.3, -0.25) is 4.90 Å². The molecule has 1 saturated carbocycles. The normalized spacial score (nSPS) is 31.7. The first-order valence-corrected chi connectivity index (χ1v) is 8.71. The molecular formula is C17H34N2O2. The third-order valence-corrected chi connectivity index (χ3v) is 5.07. The van der Waals surface area contributed by atoms with E-state index in [1.54, 1.807) is 0 Å². The van der Waals surface area contributed by atoms with E-state index in [0.29, 0.717) is 24.2 Å². The van der Waals surface area contributed by atoms with Crippen LogP contribution in [0.5, 0.6) is 0 Å². The van der Waals surface area contributed by atoms with Crippen molar-refractivity contribution in [2.45, 2.75) is 89.6 Å². The smallest absolute Gasteiger partial charge is 0.0731 e. The highest BCUT2D eigenvalue weighted by Gasteiger charge is 2.38. The Bertz CT molecular complexity index is 322. The average molecular weight is 298 g/mol. The molecule has 0 aromatic rings. The molecule has 0 amide bonds. The zero-order valence-electron chi connectivity index (χ0n) is 14.3. The molecule has 1 aliphatic heterocycles. The summed E-state index contributed by atoms with van der Waals surface area (Å²) in [6, 6.07) is 1.45. The number of aliphatic hydroxyl groups is 1. The zero-order chi connectivity index (χ0) is 15.5. The van der Waals surface area contributed by atoms with Crippen molar-refractivity contribution >= 4 is 0 Å². The number of ether oxygens (including phenoxy) is 1. The summed E-state index contributed by atoms with van der Waals surface area (Å²) in [5, 5.41) is 13.3. The lowest BCUT2D eigenvalue weighted by Gasteiger charge is -2.48. The molecule has 1 heterocycles. The molecular weight excluding hydrogens is 264 g/mol. The first-order valence-electron chi connectivity index (χ1n) is 8.71. The van der Waals surface area contributed by atoms with Crippen LogP contribution < -0.4 is 5.32 Å². The molecule has 0 bridgehead atoms. The number of nitrogens with one attached hydrogen (secondary N) is 1. The van der Waals surface area contributed by atoms with Gasteiger partial charge in [0, 0.05) is 30.2 Å². The van der Waals surface area contributed by atoms with E-state index < -0.39 is 0 Å². The van der Waals surface area contributed by atoms with E-state index in [1.165, 1.54) is 25.7 Å². The van der Waals surface area contributed by atoms with Crippen LogP contribution in [0.2, 0.25) is 0 Å². The third-order valence-electron chi connectivity index (χ3n) is 5.07. The molecule has 4 nitrogen and oxygen atoms in total. The number of aliphatic hydroxyl groups excluding tert-OH is 1. The van der Waals surface area contributed by atoms with Crippen molar-refractivity contribution in [3.05, 3.63) is 0 Å². The van der Waals surface area contributed by atoms with Crippen LogP contribution in [-0.4, -0.2) is 59.5 Å². The Morgan fingerprint density at radius 2 is 2.00 bits per heavy atom. The summed E-state index contributed by atoms with van der Waals surface area (Å²) in [6.45, 7) is 10.8. The molecule has 2 rings (SSSR count). The highest BCUT2D eigenvalue weighted by Crippen LogP contribution is 2.31. The first kappa shape index (κ1) is 17.2. The number of hydrogen-bond acceptors (Lipinski definition) is 4.